The minimum atomic E-state index is -0.375. The van der Waals surface area contributed by atoms with Gasteiger partial charge in [0.1, 0.15) is 44.2 Å². The van der Waals surface area contributed by atoms with Crippen LogP contribution >= 0.6 is 0 Å². The molecule has 0 amide bonds. The van der Waals surface area contributed by atoms with Crippen LogP contribution in [0.5, 0.6) is 5.75 Å². The first-order valence-electron chi connectivity index (χ1n) is 7.32. The van der Waals surface area contributed by atoms with Gasteiger partial charge in [-0.05, 0) is 32.9 Å². The van der Waals surface area contributed by atoms with E-state index in [-0.39, 0.29) is 22.8 Å². The van der Waals surface area contributed by atoms with Crippen LogP contribution in [0.4, 0.5) is 5.69 Å². The van der Waals surface area contributed by atoms with Crippen LogP contribution in [-0.4, -0.2) is 43.4 Å². The van der Waals surface area contributed by atoms with E-state index in [0.29, 0.717) is 17.9 Å². The van der Waals surface area contributed by atoms with Crippen molar-refractivity contribution in [2.45, 2.75) is 33.0 Å². The molecule has 1 fully saturated rings. The molecule has 1 aliphatic heterocycles. The quantitative estimate of drug-likeness (QED) is 0.649. The average Bonchev–Trinajstić information content (AvgIpc) is 2.37. The number of nitrogens with one attached hydrogen (secondary N) is 1. The van der Waals surface area contributed by atoms with E-state index >= 15 is 0 Å². The van der Waals surface area contributed by atoms with Gasteiger partial charge in [-0.1, -0.05) is 0 Å². The van der Waals surface area contributed by atoms with Crippen LogP contribution in [0, 0.1) is 17.0 Å². The van der Waals surface area contributed by atoms with Gasteiger partial charge >= 0.3 is 0 Å². The summed E-state index contributed by atoms with van der Waals surface area (Å²) in [6.07, 6.45) is 0.565. The third-order valence-corrected chi connectivity index (χ3v) is 3.71. The van der Waals surface area contributed by atoms with Gasteiger partial charge in [0.25, 0.3) is 5.69 Å². The van der Waals surface area contributed by atoms with Gasteiger partial charge in [0, 0.05) is 11.6 Å². The predicted octanol–water partition coefficient (Wildman–Crippen LogP) is 0.974. The molecule has 1 N–H and O–H groups in total. The maximum Gasteiger partial charge on any atom is 0.272 e. The third kappa shape index (κ3) is 4.41. The van der Waals surface area contributed by atoms with Crippen molar-refractivity contribution in [1.82, 2.24) is 0 Å². The number of morpholine rings is 1. The number of nitro benzene ring substituents is 1. The van der Waals surface area contributed by atoms with Crippen LogP contribution in [0.2, 0.25) is 0 Å². The van der Waals surface area contributed by atoms with Crippen LogP contribution in [-0.2, 0) is 4.74 Å². The molecule has 6 heteroatoms. The molecule has 0 spiro atoms. The number of nitro groups is 1. The lowest BCUT2D eigenvalue weighted by atomic mass is 10.2. The van der Waals surface area contributed by atoms with Crippen LogP contribution in [0.25, 0.3) is 0 Å². The Bertz CT molecular complexity index is 496. The van der Waals surface area contributed by atoms with E-state index in [1.165, 1.54) is 11.0 Å². The summed E-state index contributed by atoms with van der Waals surface area (Å²) in [4.78, 5) is 11.9. The summed E-state index contributed by atoms with van der Waals surface area (Å²) in [5, 5.41) is 10.8. The Morgan fingerprint density at radius 2 is 2.05 bits per heavy atom. The lowest BCUT2D eigenvalue weighted by Crippen LogP contribution is -3.16. The molecule has 0 aliphatic carbocycles. The topological polar surface area (TPSA) is 66.0 Å². The molecule has 1 aromatic carbocycles. The van der Waals surface area contributed by atoms with E-state index in [1.807, 2.05) is 0 Å². The summed E-state index contributed by atoms with van der Waals surface area (Å²) >= 11 is 0. The molecule has 6 nitrogen and oxygen atoms in total. The number of aryl methyl sites for hydroxylation is 1. The van der Waals surface area contributed by atoms with Gasteiger partial charge in [-0.25, -0.2) is 0 Å². The molecule has 2 rings (SSSR count). The van der Waals surface area contributed by atoms with E-state index in [1.54, 1.807) is 19.1 Å². The molecule has 0 unspecified atom stereocenters. The second kappa shape index (κ2) is 6.87. The molecule has 1 saturated heterocycles. The highest BCUT2D eigenvalue weighted by Crippen LogP contribution is 2.22. The molecule has 0 saturated carbocycles. The molecule has 116 valence electrons. The van der Waals surface area contributed by atoms with Crippen LogP contribution < -0.4 is 9.64 Å². The minimum absolute atomic E-state index is 0.129. The second-order valence-electron chi connectivity index (χ2n) is 5.72. The van der Waals surface area contributed by atoms with E-state index in [2.05, 4.69) is 13.8 Å². The molecule has 0 aromatic heterocycles. The summed E-state index contributed by atoms with van der Waals surface area (Å²) in [5.74, 6) is 0.687. The lowest BCUT2D eigenvalue weighted by Gasteiger charge is -2.32. The van der Waals surface area contributed by atoms with Gasteiger partial charge in [-0.3, -0.25) is 10.1 Å². The summed E-state index contributed by atoms with van der Waals surface area (Å²) in [5.41, 5.74) is 0.752. The fourth-order valence-corrected chi connectivity index (χ4v) is 2.83. The number of hydrogen-bond donors (Lipinski definition) is 1. The maximum atomic E-state index is 10.8. The summed E-state index contributed by atoms with van der Waals surface area (Å²) in [6, 6.07) is 4.87. The Labute approximate surface area is 124 Å². The lowest BCUT2D eigenvalue weighted by molar-refractivity contribution is -0.915. The van der Waals surface area contributed by atoms with Crippen LogP contribution in [0.1, 0.15) is 19.4 Å². The standard InChI is InChI=1S/C15H22N2O4/c1-11-8-14(4-5-15(11)17(18)19)20-7-6-16-9-12(2)21-13(3)10-16/h4-5,8,12-13H,6-7,9-10H2,1-3H3/p+1/t12-,13-/m0/s1. The highest BCUT2D eigenvalue weighted by atomic mass is 16.6. The highest BCUT2D eigenvalue weighted by molar-refractivity contribution is 5.44. The molecular formula is C15H23N2O4+. The molecule has 21 heavy (non-hydrogen) atoms. The van der Waals surface area contributed by atoms with E-state index in [0.717, 1.165) is 19.6 Å². The summed E-state index contributed by atoms with van der Waals surface area (Å²) < 4.78 is 11.4. The van der Waals surface area contributed by atoms with Crippen molar-refractivity contribution in [1.29, 1.82) is 0 Å². The van der Waals surface area contributed by atoms with Gasteiger partial charge in [0.15, 0.2) is 0 Å². The van der Waals surface area contributed by atoms with Crippen LogP contribution in [0.15, 0.2) is 18.2 Å². The van der Waals surface area contributed by atoms with E-state index in [9.17, 15) is 10.1 Å². The molecule has 2 atom stereocenters. The molecule has 0 bridgehead atoms. The van der Waals surface area contributed by atoms with Gasteiger partial charge in [0.05, 0.1) is 4.92 Å². The average molecular weight is 295 g/mol. The minimum Gasteiger partial charge on any atom is -0.488 e. The fraction of sp³-hybridized carbons (Fsp3) is 0.600. The first-order chi connectivity index (χ1) is 9.95. The second-order valence-corrected chi connectivity index (χ2v) is 5.72. The normalized spacial score (nSPS) is 25.6. The Hall–Kier alpha value is -1.66. The Morgan fingerprint density at radius 3 is 2.62 bits per heavy atom. The zero-order valence-corrected chi connectivity index (χ0v) is 12.8. The van der Waals surface area contributed by atoms with Gasteiger partial charge in [0.2, 0.25) is 0 Å². The predicted molar refractivity (Wildman–Crippen MR) is 78.9 cm³/mol. The zero-order valence-electron chi connectivity index (χ0n) is 12.8. The monoisotopic (exact) mass is 295 g/mol. The van der Waals surface area contributed by atoms with Crippen molar-refractivity contribution in [3.63, 3.8) is 0 Å². The number of rotatable bonds is 5. The molecule has 1 heterocycles. The number of nitrogens with zero attached hydrogens (tertiary/aromatic N) is 1. The largest absolute Gasteiger partial charge is 0.488 e. The van der Waals surface area contributed by atoms with Crippen molar-refractivity contribution < 1.29 is 19.3 Å². The van der Waals surface area contributed by atoms with Crippen molar-refractivity contribution in [3.8, 4) is 5.75 Å². The molecule has 1 aromatic rings. The molecular weight excluding hydrogens is 272 g/mol. The van der Waals surface area contributed by atoms with E-state index < -0.39 is 0 Å². The number of ether oxygens (including phenoxy) is 2. The first-order valence-corrected chi connectivity index (χ1v) is 7.32. The SMILES string of the molecule is Cc1cc(OCC[NH+]2C[C@H](C)O[C@@H](C)C2)ccc1[N+](=O)[O-]. The first kappa shape index (κ1) is 15.7. The third-order valence-electron chi connectivity index (χ3n) is 3.71. The summed E-state index contributed by atoms with van der Waals surface area (Å²) in [6.45, 7) is 9.41. The number of quaternary nitrogens is 1. The van der Waals surface area contributed by atoms with Gasteiger partial charge in [-0.15, -0.1) is 0 Å². The Balaban J connectivity index is 1.83. The Morgan fingerprint density at radius 1 is 1.38 bits per heavy atom. The van der Waals surface area contributed by atoms with Crippen LogP contribution in [0.3, 0.4) is 0 Å². The fourth-order valence-electron chi connectivity index (χ4n) is 2.83. The van der Waals surface area contributed by atoms with Crippen molar-refractivity contribution in [2.24, 2.45) is 0 Å². The van der Waals surface area contributed by atoms with Gasteiger partial charge < -0.3 is 14.4 Å². The summed E-state index contributed by atoms with van der Waals surface area (Å²) in [7, 11) is 0. The maximum absolute atomic E-state index is 10.8. The van der Waals surface area contributed by atoms with Crippen molar-refractivity contribution >= 4 is 5.69 Å². The van der Waals surface area contributed by atoms with Crippen molar-refractivity contribution in [2.75, 3.05) is 26.2 Å². The van der Waals surface area contributed by atoms with E-state index in [4.69, 9.17) is 9.47 Å². The van der Waals surface area contributed by atoms with Gasteiger partial charge in [-0.2, -0.15) is 0 Å². The van der Waals surface area contributed by atoms with Crippen molar-refractivity contribution in [3.05, 3.63) is 33.9 Å². The number of benzene rings is 1. The zero-order chi connectivity index (χ0) is 15.4. The molecule has 0 radical (unpaired) electrons. The molecule has 1 aliphatic rings. The smallest absolute Gasteiger partial charge is 0.272 e. The Kier molecular flexibility index (Phi) is 5.14. The highest BCUT2D eigenvalue weighted by Gasteiger charge is 2.25. The number of hydrogen-bond acceptors (Lipinski definition) is 4.